The van der Waals surface area contributed by atoms with Crippen LogP contribution in [0, 0.1) is 0 Å². The molecule has 0 aliphatic heterocycles. The Labute approximate surface area is 89.7 Å². The third-order valence-electron chi connectivity index (χ3n) is 0.591. The number of rotatable bonds is 4. The van der Waals surface area contributed by atoms with Gasteiger partial charge in [0.05, 0.1) is 0 Å². The van der Waals surface area contributed by atoms with Gasteiger partial charge in [0.1, 0.15) is 0 Å². The molecule has 0 saturated carbocycles. The number of hydrogen-bond acceptors (Lipinski definition) is 5. The summed E-state index contributed by atoms with van der Waals surface area (Å²) in [5.41, 5.74) is 0. The van der Waals surface area contributed by atoms with Gasteiger partial charge < -0.3 is 14.7 Å². The minimum atomic E-state index is -4.92. The number of hydrogen-bond donors (Lipinski definition) is 3. The van der Waals surface area contributed by atoms with Gasteiger partial charge in [0.15, 0.2) is 0 Å². The van der Waals surface area contributed by atoms with Gasteiger partial charge in [-0.3, -0.25) is 0 Å². The molecule has 0 heterocycles. The number of phosphoric acid groups is 1. The van der Waals surface area contributed by atoms with Crippen molar-refractivity contribution in [3.63, 3.8) is 0 Å². The zero-order valence-electron chi connectivity index (χ0n) is 7.78. The third kappa shape index (κ3) is 9.55. The molecule has 1 unspecified atom stereocenters. The fourth-order valence-electron chi connectivity index (χ4n) is 0.307. The molecule has 0 aliphatic carbocycles. The normalized spacial score (nSPS) is 17.9. The highest BCUT2D eigenvalue weighted by Gasteiger charge is 2.33. The third-order valence-corrected chi connectivity index (χ3v) is 8.29. The lowest BCUT2D eigenvalue weighted by molar-refractivity contribution is 0.271. The second-order valence-electron chi connectivity index (χ2n) is 3.31. The molecule has 0 aromatic carbocycles. The Morgan fingerprint density at radius 1 is 1.14 bits per heavy atom. The second-order valence-corrected chi connectivity index (χ2v) is 11.1. The van der Waals surface area contributed by atoms with Crippen LogP contribution in [0.25, 0.3) is 0 Å². The molecule has 10 heteroatoms. The van der Waals surface area contributed by atoms with Crippen LogP contribution in [-0.2, 0) is 13.4 Å². The molecule has 14 heavy (non-hydrogen) atoms. The Hall–Kier alpha value is 1.000. The summed E-state index contributed by atoms with van der Waals surface area (Å²) in [5, 5.41) is 0. The quantitative estimate of drug-likeness (QED) is 0.533. The van der Waals surface area contributed by atoms with E-state index in [0.29, 0.717) is 10.4 Å². The van der Waals surface area contributed by atoms with Crippen molar-refractivity contribution in [1.82, 2.24) is 0 Å². The summed E-state index contributed by atoms with van der Waals surface area (Å²) in [6, 6.07) is 0. The molecule has 0 aliphatic rings. The van der Waals surface area contributed by atoms with E-state index < -0.39 is 14.6 Å². The molecule has 6 nitrogen and oxygen atoms in total. The molecule has 0 aromatic heterocycles. The maximum absolute atomic E-state index is 11.1. The zero-order chi connectivity index (χ0) is 11.6. The molecule has 3 N–H and O–H groups in total. The fourth-order valence-corrected chi connectivity index (χ4v) is 7.38. The van der Waals surface area contributed by atoms with Crippen LogP contribution in [0.15, 0.2) is 0 Å². The van der Waals surface area contributed by atoms with Crippen molar-refractivity contribution >= 4 is 35.8 Å². The molecule has 0 radical (unpaired) electrons. The van der Waals surface area contributed by atoms with Crippen LogP contribution in [-0.4, -0.2) is 19.4 Å². The second kappa shape index (κ2) is 4.89. The van der Waals surface area contributed by atoms with Crippen molar-refractivity contribution in [3.05, 3.63) is 0 Å². The SMILES string of the molecule is CC(C)(C)SSP(=O)(O)OP(=O)(O)O. The molecule has 86 valence electrons. The van der Waals surface area contributed by atoms with Gasteiger partial charge in [0.25, 0.3) is 0 Å². The van der Waals surface area contributed by atoms with E-state index in [4.69, 9.17) is 14.7 Å². The molecule has 0 amide bonds. The van der Waals surface area contributed by atoms with Crippen LogP contribution >= 0.6 is 35.8 Å². The van der Waals surface area contributed by atoms with Gasteiger partial charge in [0.2, 0.25) is 0 Å². The summed E-state index contributed by atoms with van der Waals surface area (Å²) in [6.07, 6.45) is 0. The largest absolute Gasteiger partial charge is 0.477 e. The molecular weight excluding hydrogens is 270 g/mol. The Kier molecular flexibility index (Phi) is 5.24. The van der Waals surface area contributed by atoms with Crippen molar-refractivity contribution in [3.8, 4) is 0 Å². The van der Waals surface area contributed by atoms with Gasteiger partial charge in [-0.1, -0.05) is 31.6 Å². The monoisotopic (exact) mass is 282 g/mol. The van der Waals surface area contributed by atoms with Crippen LogP contribution in [0.3, 0.4) is 0 Å². The average molecular weight is 282 g/mol. The minimum absolute atomic E-state index is 0.304. The van der Waals surface area contributed by atoms with E-state index in [9.17, 15) is 9.13 Å². The van der Waals surface area contributed by atoms with Gasteiger partial charge in [0, 0.05) is 15.2 Å². The highest BCUT2D eigenvalue weighted by atomic mass is 33.3. The fraction of sp³-hybridized carbons (Fsp3) is 1.00. The van der Waals surface area contributed by atoms with E-state index in [-0.39, 0.29) is 4.75 Å². The Bertz CT molecular complexity index is 280. The summed E-state index contributed by atoms with van der Waals surface area (Å²) in [6.45, 7) is 1.09. The summed E-state index contributed by atoms with van der Waals surface area (Å²) in [7, 11) is -3.47. The van der Waals surface area contributed by atoms with Crippen LogP contribution in [0.4, 0.5) is 0 Å². The first kappa shape index (κ1) is 15.0. The van der Waals surface area contributed by atoms with Gasteiger partial charge in [-0.25, -0.2) is 9.13 Å². The lowest BCUT2D eigenvalue weighted by Gasteiger charge is -2.18. The summed E-state index contributed by atoms with van der Waals surface area (Å²) >= 11 is 0. The molecule has 1 atom stereocenters. The lowest BCUT2D eigenvalue weighted by Crippen LogP contribution is -2.04. The summed E-state index contributed by atoms with van der Waals surface area (Å²) in [4.78, 5) is 25.6. The maximum atomic E-state index is 11.1. The first-order valence-corrected chi connectivity index (χ1v) is 9.25. The summed E-state index contributed by atoms with van der Waals surface area (Å²) < 4.78 is 24.8. The zero-order valence-corrected chi connectivity index (χ0v) is 11.2. The first-order valence-electron chi connectivity index (χ1n) is 3.38. The Morgan fingerprint density at radius 2 is 1.57 bits per heavy atom. The molecule has 0 aromatic rings. The molecular formula is C4H12O6P2S2. The van der Waals surface area contributed by atoms with Crippen molar-refractivity contribution in [2.24, 2.45) is 0 Å². The predicted molar refractivity (Wildman–Crippen MR) is 57.9 cm³/mol. The predicted octanol–water partition coefficient (Wildman–Crippen LogP) is 2.38. The van der Waals surface area contributed by atoms with Gasteiger partial charge in [-0.05, 0) is 0 Å². The smallest absolute Gasteiger partial charge is 0.316 e. The van der Waals surface area contributed by atoms with E-state index in [0.717, 1.165) is 10.8 Å². The van der Waals surface area contributed by atoms with E-state index in [2.05, 4.69) is 4.31 Å². The molecule has 0 fully saturated rings. The maximum Gasteiger partial charge on any atom is 0.477 e. The van der Waals surface area contributed by atoms with Crippen LogP contribution in [0.1, 0.15) is 20.8 Å². The van der Waals surface area contributed by atoms with Crippen LogP contribution in [0.2, 0.25) is 0 Å². The Morgan fingerprint density at radius 3 is 1.86 bits per heavy atom. The minimum Gasteiger partial charge on any atom is -0.316 e. The Balaban J connectivity index is 4.24. The van der Waals surface area contributed by atoms with Crippen molar-refractivity contribution in [1.29, 1.82) is 0 Å². The highest BCUT2D eigenvalue weighted by molar-refractivity contribution is 8.99. The molecule has 0 spiro atoms. The highest BCUT2D eigenvalue weighted by Crippen LogP contribution is 2.70. The van der Waals surface area contributed by atoms with Crippen LogP contribution < -0.4 is 0 Å². The van der Waals surface area contributed by atoms with Crippen LogP contribution in [0.5, 0.6) is 0 Å². The van der Waals surface area contributed by atoms with Gasteiger partial charge in [-0.15, -0.1) is 0 Å². The topological polar surface area (TPSA) is 104 Å². The molecule has 0 saturated heterocycles. The van der Waals surface area contributed by atoms with Gasteiger partial charge >= 0.3 is 14.6 Å². The van der Waals surface area contributed by atoms with E-state index in [1.807, 2.05) is 0 Å². The molecule has 0 bridgehead atoms. The standard InChI is InChI=1S/C4H12O6P2S2/c1-4(2,3)13-14-12(8,9)10-11(5,6)7/h1-3H3,(H,8,9)(H2,5,6,7). The lowest BCUT2D eigenvalue weighted by atomic mass is 10.3. The van der Waals surface area contributed by atoms with E-state index in [1.54, 1.807) is 20.8 Å². The van der Waals surface area contributed by atoms with Crippen molar-refractivity contribution in [2.75, 3.05) is 0 Å². The van der Waals surface area contributed by atoms with Crippen molar-refractivity contribution in [2.45, 2.75) is 25.5 Å². The summed E-state index contributed by atoms with van der Waals surface area (Å²) in [5.74, 6) is 0. The molecule has 0 rings (SSSR count). The van der Waals surface area contributed by atoms with Gasteiger partial charge in [-0.2, -0.15) is 4.31 Å². The van der Waals surface area contributed by atoms with E-state index >= 15 is 0 Å². The first-order chi connectivity index (χ1) is 5.91. The average Bonchev–Trinajstić information content (AvgIpc) is 1.76. The van der Waals surface area contributed by atoms with Crippen molar-refractivity contribution < 1.29 is 28.1 Å². The van der Waals surface area contributed by atoms with E-state index in [1.165, 1.54) is 0 Å².